The van der Waals surface area contributed by atoms with E-state index in [2.05, 4.69) is 11.9 Å². The second-order valence-electron chi connectivity index (χ2n) is 4.58. The molecule has 0 aliphatic carbocycles. The van der Waals surface area contributed by atoms with Gasteiger partial charge in [0.05, 0.1) is 5.69 Å². The van der Waals surface area contributed by atoms with Crippen molar-refractivity contribution in [1.29, 1.82) is 0 Å². The van der Waals surface area contributed by atoms with Crippen molar-refractivity contribution in [2.45, 2.75) is 58.3 Å². The van der Waals surface area contributed by atoms with Crippen molar-refractivity contribution in [1.82, 2.24) is 4.98 Å². The predicted molar refractivity (Wildman–Crippen MR) is 79.6 cm³/mol. The SMILES string of the molecule is CCCCCCCCOCCCc1csc(Cl)n1. The van der Waals surface area contributed by atoms with Crippen LogP contribution in [0.2, 0.25) is 4.47 Å². The largest absolute Gasteiger partial charge is 0.381 e. The number of nitrogens with zero attached hydrogens (tertiary/aromatic N) is 1. The minimum atomic E-state index is 0.637. The van der Waals surface area contributed by atoms with Gasteiger partial charge in [-0.15, -0.1) is 11.3 Å². The lowest BCUT2D eigenvalue weighted by Crippen LogP contribution is -1.99. The van der Waals surface area contributed by atoms with E-state index in [1.54, 1.807) is 0 Å². The van der Waals surface area contributed by atoms with Crippen LogP contribution in [0.25, 0.3) is 0 Å². The zero-order valence-corrected chi connectivity index (χ0v) is 12.9. The summed E-state index contributed by atoms with van der Waals surface area (Å²) in [4.78, 5) is 4.21. The van der Waals surface area contributed by atoms with Gasteiger partial charge in [-0.25, -0.2) is 4.98 Å². The predicted octanol–water partition coefficient (Wildman–Crippen LogP) is 5.11. The number of thiazole rings is 1. The molecule has 18 heavy (non-hydrogen) atoms. The van der Waals surface area contributed by atoms with Gasteiger partial charge in [0.25, 0.3) is 0 Å². The summed E-state index contributed by atoms with van der Waals surface area (Å²) in [6, 6.07) is 0. The fraction of sp³-hybridized carbons (Fsp3) is 0.786. The average Bonchev–Trinajstić information content (AvgIpc) is 2.77. The van der Waals surface area contributed by atoms with Crippen LogP contribution < -0.4 is 0 Å². The highest BCUT2D eigenvalue weighted by Gasteiger charge is 1.99. The topological polar surface area (TPSA) is 22.1 Å². The molecule has 0 bridgehead atoms. The molecule has 0 saturated heterocycles. The van der Waals surface area contributed by atoms with E-state index in [1.165, 1.54) is 49.9 Å². The normalized spacial score (nSPS) is 11.0. The average molecular weight is 290 g/mol. The Hall–Kier alpha value is -0.120. The second kappa shape index (κ2) is 10.8. The third-order valence-electron chi connectivity index (χ3n) is 2.89. The van der Waals surface area contributed by atoms with Crippen molar-refractivity contribution in [3.8, 4) is 0 Å². The van der Waals surface area contributed by atoms with Gasteiger partial charge in [0.15, 0.2) is 4.47 Å². The molecule has 0 amide bonds. The van der Waals surface area contributed by atoms with E-state index in [4.69, 9.17) is 16.3 Å². The van der Waals surface area contributed by atoms with Gasteiger partial charge in [-0.1, -0.05) is 50.6 Å². The van der Waals surface area contributed by atoms with Crippen molar-refractivity contribution in [2.24, 2.45) is 0 Å². The summed E-state index contributed by atoms with van der Waals surface area (Å²) in [5, 5.41) is 2.02. The molecule has 2 nitrogen and oxygen atoms in total. The van der Waals surface area contributed by atoms with Crippen LogP contribution in [0.15, 0.2) is 5.38 Å². The maximum Gasteiger partial charge on any atom is 0.183 e. The van der Waals surface area contributed by atoms with Crippen molar-refractivity contribution in [3.63, 3.8) is 0 Å². The zero-order valence-electron chi connectivity index (χ0n) is 11.3. The van der Waals surface area contributed by atoms with Crippen LogP contribution >= 0.6 is 22.9 Å². The fourth-order valence-electron chi connectivity index (χ4n) is 1.84. The molecule has 0 N–H and O–H groups in total. The smallest absolute Gasteiger partial charge is 0.183 e. The van der Waals surface area contributed by atoms with Gasteiger partial charge >= 0.3 is 0 Å². The Morgan fingerprint density at radius 3 is 2.56 bits per heavy atom. The summed E-state index contributed by atoms with van der Waals surface area (Å²) in [5.41, 5.74) is 1.09. The highest BCUT2D eigenvalue weighted by Crippen LogP contribution is 2.16. The minimum Gasteiger partial charge on any atom is -0.381 e. The van der Waals surface area contributed by atoms with E-state index in [9.17, 15) is 0 Å². The van der Waals surface area contributed by atoms with E-state index in [0.29, 0.717) is 4.47 Å². The number of halogens is 1. The number of ether oxygens (including phenoxy) is 1. The second-order valence-corrected chi connectivity index (χ2v) is 6.02. The van der Waals surface area contributed by atoms with Crippen LogP contribution in [-0.2, 0) is 11.2 Å². The maximum absolute atomic E-state index is 5.77. The number of aryl methyl sites for hydroxylation is 1. The van der Waals surface area contributed by atoms with E-state index >= 15 is 0 Å². The molecule has 0 saturated carbocycles. The molecule has 1 rings (SSSR count). The molecule has 104 valence electrons. The van der Waals surface area contributed by atoms with E-state index < -0.39 is 0 Å². The third-order valence-corrected chi connectivity index (χ3v) is 3.92. The molecule has 0 aliphatic heterocycles. The highest BCUT2D eigenvalue weighted by molar-refractivity contribution is 7.13. The summed E-state index contributed by atoms with van der Waals surface area (Å²) >= 11 is 7.27. The molecule has 0 aliphatic rings. The third kappa shape index (κ3) is 8.06. The standard InChI is InChI=1S/C14H24ClNOS/c1-2-3-4-5-6-7-10-17-11-8-9-13-12-18-14(15)16-13/h12H,2-11H2,1H3. The quantitative estimate of drug-likeness (QED) is 0.528. The number of rotatable bonds is 11. The van der Waals surface area contributed by atoms with Crippen molar-refractivity contribution in [2.75, 3.05) is 13.2 Å². The van der Waals surface area contributed by atoms with Gasteiger partial charge in [0, 0.05) is 18.6 Å². The van der Waals surface area contributed by atoms with Crippen molar-refractivity contribution >= 4 is 22.9 Å². The first-order valence-corrected chi connectivity index (χ1v) is 8.26. The van der Waals surface area contributed by atoms with Crippen LogP contribution in [0.4, 0.5) is 0 Å². The number of aromatic nitrogens is 1. The van der Waals surface area contributed by atoms with Gasteiger partial charge in [0.2, 0.25) is 0 Å². The Morgan fingerprint density at radius 2 is 1.83 bits per heavy atom. The summed E-state index contributed by atoms with van der Waals surface area (Å²) < 4.78 is 6.25. The van der Waals surface area contributed by atoms with Gasteiger partial charge in [-0.3, -0.25) is 0 Å². The van der Waals surface area contributed by atoms with Crippen LogP contribution in [0.5, 0.6) is 0 Å². The summed E-state index contributed by atoms with van der Waals surface area (Å²) in [6.07, 6.45) is 9.94. The van der Waals surface area contributed by atoms with E-state index in [0.717, 1.165) is 31.7 Å². The molecule has 0 unspecified atom stereocenters. The number of unbranched alkanes of at least 4 members (excludes halogenated alkanes) is 5. The van der Waals surface area contributed by atoms with Gasteiger partial charge in [-0.2, -0.15) is 0 Å². The first kappa shape index (κ1) is 15.9. The molecular formula is C14H24ClNOS. The number of hydrogen-bond donors (Lipinski definition) is 0. The first-order valence-electron chi connectivity index (χ1n) is 7.00. The van der Waals surface area contributed by atoms with Crippen LogP contribution in [0.3, 0.4) is 0 Å². The van der Waals surface area contributed by atoms with E-state index in [-0.39, 0.29) is 0 Å². The summed E-state index contributed by atoms with van der Waals surface area (Å²) in [6.45, 7) is 3.99. The zero-order chi connectivity index (χ0) is 13.1. The Labute approximate surface area is 120 Å². The monoisotopic (exact) mass is 289 g/mol. The molecule has 1 heterocycles. The fourth-order valence-corrected chi connectivity index (χ4v) is 2.65. The lowest BCUT2D eigenvalue weighted by Gasteiger charge is -2.03. The molecule has 1 aromatic rings. The van der Waals surface area contributed by atoms with Crippen LogP contribution in [0, 0.1) is 0 Å². The minimum absolute atomic E-state index is 0.637. The van der Waals surface area contributed by atoms with Crippen LogP contribution in [0.1, 0.15) is 57.6 Å². The van der Waals surface area contributed by atoms with Gasteiger partial charge in [0.1, 0.15) is 0 Å². The maximum atomic E-state index is 5.77. The summed E-state index contributed by atoms with van der Waals surface area (Å²) in [5.74, 6) is 0. The summed E-state index contributed by atoms with van der Waals surface area (Å²) in [7, 11) is 0. The molecule has 0 aromatic carbocycles. The van der Waals surface area contributed by atoms with Crippen LogP contribution in [-0.4, -0.2) is 18.2 Å². The highest BCUT2D eigenvalue weighted by atomic mass is 35.5. The van der Waals surface area contributed by atoms with Crippen molar-refractivity contribution in [3.05, 3.63) is 15.5 Å². The first-order chi connectivity index (χ1) is 8.83. The van der Waals surface area contributed by atoms with E-state index in [1.807, 2.05) is 5.38 Å². The Morgan fingerprint density at radius 1 is 1.11 bits per heavy atom. The van der Waals surface area contributed by atoms with Gasteiger partial charge in [-0.05, 0) is 19.3 Å². The lowest BCUT2D eigenvalue weighted by atomic mass is 10.1. The Bertz CT molecular complexity index is 304. The van der Waals surface area contributed by atoms with Gasteiger partial charge < -0.3 is 4.74 Å². The molecular weight excluding hydrogens is 266 g/mol. The number of hydrogen-bond acceptors (Lipinski definition) is 3. The molecule has 4 heteroatoms. The molecule has 0 atom stereocenters. The molecule has 0 fully saturated rings. The van der Waals surface area contributed by atoms with Crippen molar-refractivity contribution < 1.29 is 4.74 Å². The molecule has 0 radical (unpaired) electrons. The molecule has 0 spiro atoms. The Balaban J connectivity index is 1.81. The molecule has 1 aromatic heterocycles. The lowest BCUT2D eigenvalue weighted by molar-refractivity contribution is 0.127. The Kier molecular flexibility index (Phi) is 9.54.